The molecule has 1 aliphatic carbocycles. The van der Waals surface area contributed by atoms with E-state index in [1.54, 1.807) is 13.8 Å². The van der Waals surface area contributed by atoms with Crippen LogP contribution in [0.2, 0.25) is 0 Å². The Morgan fingerprint density at radius 3 is 2.56 bits per heavy atom. The second kappa shape index (κ2) is 4.50. The van der Waals surface area contributed by atoms with Crippen LogP contribution in [0.3, 0.4) is 0 Å². The molecule has 0 unspecified atom stereocenters. The van der Waals surface area contributed by atoms with Gasteiger partial charge < -0.3 is 19.5 Å². The van der Waals surface area contributed by atoms with E-state index in [1.807, 2.05) is 0 Å². The molecule has 0 radical (unpaired) electrons. The van der Waals surface area contributed by atoms with Crippen LogP contribution in [-0.4, -0.2) is 26.9 Å². The van der Waals surface area contributed by atoms with E-state index < -0.39 is 11.2 Å². The molecule has 0 amide bonds. The summed E-state index contributed by atoms with van der Waals surface area (Å²) in [6, 6.07) is 0. The van der Waals surface area contributed by atoms with Gasteiger partial charge in [-0.15, -0.1) is 0 Å². The van der Waals surface area contributed by atoms with Crippen molar-refractivity contribution in [1.29, 1.82) is 0 Å². The number of phenols is 2. The molecule has 0 bridgehead atoms. The molecule has 25 heavy (non-hydrogen) atoms. The van der Waals surface area contributed by atoms with Crippen molar-refractivity contribution in [3.05, 3.63) is 39.5 Å². The number of phenolic OH excluding ortho intramolecular Hbond substituents is 2. The Labute approximate surface area is 142 Å². The van der Waals surface area contributed by atoms with Gasteiger partial charge in [-0.1, -0.05) is 5.16 Å². The molecule has 1 aromatic heterocycles. The highest BCUT2D eigenvalue weighted by atomic mass is 16.5. The fourth-order valence-corrected chi connectivity index (χ4v) is 3.59. The molecule has 1 atom stereocenters. The number of aromatic hydroxyl groups is 2. The van der Waals surface area contributed by atoms with Crippen molar-refractivity contribution < 1.29 is 29.1 Å². The van der Waals surface area contributed by atoms with E-state index in [0.717, 1.165) is 0 Å². The van der Waals surface area contributed by atoms with Crippen LogP contribution in [0.25, 0.3) is 6.08 Å². The molecule has 1 aliphatic heterocycles. The molecule has 7 heteroatoms. The minimum absolute atomic E-state index is 0.00552. The third kappa shape index (κ3) is 1.62. The highest BCUT2D eigenvalue weighted by molar-refractivity contribution is 6.14. The second-order valence-electron chi connectivity index (χ2n) is 6.53. The third-order valence-electron chi connectivity index (χ3n) is 5.03. The van der Waals surface area contributed by atoms with Gasteiger partial charge in [-0.2, -0.15) is 0 Å². The molecule has 2 N–H and O–H groups in total. The SMILES string of the molecule is CC(=O)c1c(O)c(C)c(O)c2c1OC1=Cc3onc(C)c3C(=O)[C@@]12C. The fraction of sp³-hybridized carbons (Fsp3) is 0.278. The number of allylic oxidation sites excluding steroid dienone is 1. The molecule has 7 nitrogen and oxygen atoms in total. The summed E-state index contributed by atoms with van der Waals surface area (Å²) in [6.45, 7) is 6.03. The summed E-state index contributed by atoms with van der Waals surface area (Å²) in [7, 11) is 0. The number of hydrogen-bond acceptors (Lipinski definition) is 7. The number of Topliss-reactive ketones (excluding diaryl/α,β-unsaturated/α-hetero) is 2. The average molecular weight is 341 g/mol. The number of carbonyl (C=O) groups excluding carboxylic acids is 2. The van der Waals surface area contributed by atoms with Crippen LogP contribution in [-0.2, 0) is 5.41 Å². The smallest absolute Gasteiger partial charge is 0.186 e. The summed E-state index contributed by atoms with van der Waals surface area (Å²) >= 11 is 0. The van der Waals surface area contributed by atoms with Crippen molar-refractivity contribution in [2.75, 3.05) is 0 Å². The summed E-state index contributed by atoms with van der Waals surface area (Å²) in [4.78, 5) is 25.3. The topological polar surface area (TPSA) is 110 Å². The van der Waals surface area contributed by atoms with Gasteiger partial charge in [0.1, 0.15) is 34.0 Å². The van der Waals surface area contributed by atoms with Crippen LogP contribution in [0.4, 0.5) is 0 Å². The number of ketones is 2. The molecule has 0 fully saturated rings. The van der Waals surface area contributed by atoms with Gasteiger partial charge in [0.15, 0.2) is 17.3 Å². The summed E-state index contributed by atoms with van der Waals surface area (Å²) in [5.41, 5.74) is -0.331. The average Bonchev–Trinajstić information content (AvgIpc) is 3.04. The molecule has 2 aromatic rings. The Morgan fingerprint density at radius 2 is 1.92 bits per heavy atom. The molecule has 0 saturated carbocycles. The normalized spacial score (nSPS) is 20.5. The van der Waals surface area contributed by atoms with Gasteiger partial charge in [0.25, 0.3) is 0 Å². The first-order valence-electron chi connectivity index (χ1n) is 7.70. The van der Waals surface area contributed by atoms with Crippen LogP contribution >= 0.6 is 0 Å². The Bertz CT molecular complexity index is 1030. The van der Waals surface area contributed by atoms with Crippen molar-refractivity contribution in [2.45, 2.75) is 33.1 Å². The predicted octanol–water partition coefficient (Wildman–Crippen LogP) is 2.79. The van der Waals surface area contributed by atoms with E-state index in [9.17, 15) is 19.8 Å². The Hall–Kier alpha value is -3.09. The van der Waals surface area contributed by atoms with Crippen LogP contribution in [0.15, 0.2) is 10.3 Å². The number of fused-ring (bicyclic) bond motifs is 4. The summed E-state index contributed by atoms with van der Waals surface area (Å²) in [6.07, 6.45) is 1.53. The maximum absolute atomic E-state index is 13.2. The highest BCUT2D eigenvalue weighted by Crippen LogP contribution is 2.58. The molecule has 0 spiro atoms. The van der Waals surface area contributed by atoms with E-state index in [4.69, 9.17) is 9.26 Å². The van der Waals surface area contributed by atoms with E-state index >= 15 is 0 Å². The number of aryl methyl sites for hydroxylation is 1. The first kappa shape index (κ1) is 15.4. The maximum atomic E-state index is 13.2. The van der Waals surface area contributed by atoms with Crippen molar-refractivity contribution >= 4 is 17.6 Å². The molecule has 0 saturated heterocycles. The number of carbonyl (C=O) groups is 2. The number of hydrogen-bond donors (Lipinski definition) is 2. The lowest BCUT2D eigenvalue weighted by molar-refractivity contribution is 0.0903. The van der Waals surface area contributed by atoms with E-state index in [2.05, 4.69) is 5.16 Å². The van der Waals surface area contributed by atoms with Crippen LogP contribution in [0.5, 0.6) is 17.2 Å². The standard InChI is InChI=1S/C18H15NO6/c1-6-14(21)12(8(3)20)16-13(15(6)22)18(4)10(24-16)5-9-11(17(18)23)7(2)19-25-9/h5,21-22H,1-4H3/t18-/m0/s1. The van der Waals surface area contributed by atoms with Gasteiger partial charge in [-0.3, -0.25) is 9.59 Å². The lowest BCUT2D eigenvalue weighted by Gasteiger charge is -2.26. The molecule has 1 aromatic carbocycles. The number of nitrogens with zero attached hydrogens (tertiary/aromatic N) is 1. The van der Waals surface area contributed by atoms with Crippen LogP contribution < -0.4 is 4.74 Å². The number of benzene rings is 1. The van der Waals surface area contributed by atoms with E-state index in [0.29, 0.717) is 11.3 Å². The number of ether oxygens (including phenoxy) is 1. The van der Waals surface area contributed by atoms with Gasteiger partial charge in [0, 0.05) is 11.6 Å². The summed E-state index contributed by atoms with van der Waals surface area (Å²) < 4.78 is 10.9. The zero-order chi connectivity index (χ0) is 18.3. The minimum Gasteiger partial charge on any atom is -0.507 e. The quantitative estimate of drug-likeness (QED) is 0.767. The van der Waals surface area contributed by atoms with Gasteiger partial charge in [-0.05, 0) is 27.7 Å². The maximum Gasteiger partial charge on any atom is 0.186 e. The predicted molar refractivity (Wildman–Crippen MR) is 86.0 cm³/mol. The summed E-state index contributed by atoms with van der Waals surface area (Å²) in [5.74, 6) is -0.894. The minimum atomic E-state index is -1.33. The van der Waals surface area contributed by atoms with Crippen molar-refractivity contribution in [3.8, 4) is 17.2 Å². The van der Waals surface area contributed by atoms with Crippen LogP contribution in [0, 0.1) is 13.8 Å². The van der Waals surface area contributed by atoms with Crippen molar-refractivity contribution in [3.63, 3.8) is 0 Å². The molecule has 4 rings (SSSR count). The molecule has 128 valence electrons. The van der Waals surface area contributed by atoms with Crippen molar-refractivity contribution in [2.24, 2.45) is 0 Å². The Morgan fingerprint density at radius 1 is 1.24 bits per heavy atom. The number of aromatic nitrogens is 1. The monoisotopic (exact) mass is 341 g/mol. The van der Waals surface area contributed by atoms with E-state index in [-0.39, 0.29) is 51.2 Å². The summed E-state index contributed by atoms with van der Waals surface area (Å²) in [5, 5.41) is 24.7. The van der Waals surface area contributed by atoms with Gasteiger partial charge in [-0.25, -0.2) is 0 Å². The highest BCUT2D eigenvalue weighted by Gasteiger charge is 2.55. The number of rotatable bonds is 1. The van der Waals surface area contributed by atoms with Crippen molar-refractivity contribution in [1.82, 2.24) is 5.16 Å². The third-order valence-corrected chi connectivity index (χ3v) is 5.03. The molecule has 2 heterocycles. The van der Waals surface area contributed by atoms with Gasteiger partial charge in [0.05, 0.1) is 16.8 Å². The zero-order valence-corrected chi connectivity index (χ0v) is 14.1. The van der Waals surface area contributed by atoms with Gasteiger partial charge in [0.2, 0.25) is 0 Å². The first-order chi connectivity index (χ1) is 11.7. The van der Waals surface area contributed by atoms with E-state index in [1.165, 1.54) is 19.9 Å². The second-order valence-corrected chi connectivity index (χ2v) is 6.53. The Balaban J connectivity index is 2.11. The Kier molecular flexibility index (Phi) is 2.78. The first-order valence-corrected chi connectivity index (χ1v) is 7.70. The van der Waals surface area contributed by atoms with Gasteiger partial charge >= 0.3 is 0 Å². The fourth-order valence-electron chi connectivity index (χ4n) is 3.59. The lowest BCUT2D eigenvalue weighted by atomic mass is 9.71. The van der Waals surface area contributed by atoms with Crippen LogP contribution in [0.1, 0.15) is 57.1 Å². The lowest BCUT2D eigenvalue weighted by Crippen LogP contribution is -2.35. The molecule has 2 aliphatic rings. The molecular formula is C18H15NO6. The molecular weight excluding hydrogens is 326 g/mol. The zero-order valence-electron chi connectivity index (χ0n) is 14.1. The largest absolute Gasteiger partial charge is 0.507 e.